The molecule has 0 spiro atoms. The Balaban J connectivity index is 1.80. The van der Waals surface area contributed by atoms with Gasteiger partial charge in [0.05, 0.1) is 0 Å². The number of hydrogen-bond donors (Lipinski definition) is 1. The van der Waals surface area contributed by atoms with Crippen LogP contribution in [0, 0.1) is 6.92 Å². The lowest BCUT2D eigenvalue weighted by atomic mass is 10.2. The van der Waals surface area contributed by atoms with Crippen molar-refractivity contribution in [1.29, 1.82) is 0 Å². The van der Waals surface area contributed by atoms with Crippen molar-refractivity contribution in [2.45, 2.75) is 19.6 Å². The zero-order valence-electron chi connectivity index (χ0n) is 13.9. The highest BCUT2D eigenvalue weighted by atomic mass is 35.5. The van der Waals surface area contributed by atoms with E-state index in [4.69, 9.17) is 16.3 Å². The Bertz CT molecular complexity index is 766. The van der Waals surface area contributed by atoms with Gasteiger partial charge in [-0.1, -0.05) is 23.7 Å². The molecular formula is C18H17ClF3NO3. The second-order valence-electron chi connectivity index (χ2n) is 5.53. The van der Waals surface area contributed by atoms with Crippen LogP contribution in [0.4, 0.5) is 13.2 Å². The van der Waals surface area contributed by atoms with Gasteiger partial charge in [-0.2, -0.15) is 13.2 Å². The SMILES string of the molecule is Cc1cc(OCC(=O)NCc2cccc(OCC(F)(F)F)c2)ccc1Cl. The van der Waals surface area contributed by atoms with Gasteiger partial charge in [-0.25, -0.2) is 0 Å². The molecule has 26 heavy (non-hydrogen) atoms. The molecule has 2 aromatic carbocycles. The molecule has 1 N–H and O–H groups in total. The van der Waals surface area contributed by atoms with Gasteiger partial charge >= 0.3 is 6.18 Å². The molecule has 0 aliphatic heterocycles. The molecule has 2 aromatic rings. The van der Waals surface area contributed by atoms with Gasteiger partial charge in [0.25, 0.3) is 5.91 Å². The predicted molar refractivity (Wildman–Crippen MR) is 91.5 cm³/mol. The van der Waals surface area contributed by atoms with Crippen LogP contribution in [0.3, 0.4) is 0 Å². The van der Waals surface area contributed by atoms with E-state index in [1.807, 2.05) is 6.92 Å². The maximum atomic E-state index is 12.2. The molecule has 0 saturated carbocycles. The van der Waals surface area contributed by atoms with Crippen molar-refractivity contribution in [1.82, 2.24) is 5.32 Å². The molecule has 8 heteroatoms. The molecule has 0 saturated heterocycles. The van der Waals surface area contributed by atoms with E-state index < -0.39 is 12.8 Å². The van der Waals surface area contributed by atoms with E-state index in [9.17, 15) is 18.0 Å². The fraction of sp³-hybridized carbons (Fsp3) is 0.278. The molecule has 0 fully saturated rings. The van der Waals surface area contributed by atoms with Gasteiger partial charge < -0.3 is 14.8 Å². The first-order valence-corrected chi connectivity index (χ1v) is 8.05. The average Bonchev–Trinajstić information content (AvgIpc) is 2.59. The number of benzene rings is 2. The standard InChI is InChI=1S/C18H17ClF3NO3/c1-12-7-15(5-6-16(12)19)25-10-17(24)23-9-13-3-2-4-14(8-13)26-11-18(20,21)22/h2-8H,9-11H2,1H3,(H,23,24). The minimum absolute atomic E-state index is 0.0852. The Kier molecular flexibility index (Phi) is 6.74. The van der Waals surface area contributed by atoms with Crippen LogP contribution in [-0.2, 0) is 11.3 Å². The van der Waals surface area contributed by atoms with E-state index in [2.05, 4.69) is 10.1 Å². The highest BCUT2D eigenvalue weighted by Gasteiger charge is 2.28. The quantitative estimate of drug-likeness (QED) is 0.771. The summed E-state index contributed by atoms with van der Waals surface area (Å²) in [5, 5.41) is 3.23. The maximum absolute atomic E-state index is 12.2. The number of aryl methyl sites for hydroxylation is 1. The van der Waals surface area contributed by atoms with Gasteiger partial charge in [0.1, 0.15) is 11.5 Å². The van der Waals surface area contributed by atoms with Crippen LogP contribution in [0.2, 0.25) is 5.02 Å². The van der Waals surface area contributed by atoms with E-state index in [-0.39, 0.29) is 24.8 Å². The largest absolute Gasteiger partial charge is 0.484 e. The summed E-state index contributed by atoms with van der Waals surface area (Å²) in [6.45, 7) is 0.413. The van der Waals surface area contributed by atoms with Crippen LogP contribution in [0.5, 0.6) is 11.5 Å². The first-order valence-electron chi connectivity index (χ1n) is 7.67. The van der Waals surface area contributed by atoms with Crippen LogP contribution in [0.15, 0.2) is 42.5 Å². The monoisotopic (exact) mass is 387 g/mol. The summed E-state index contributed by atoms with van der Waals surface area (Å²) in [5.74, 6) is 0.241. The Morgan fingerprint density at radius 3 is 2.54 bits per heavy atom. The van der Waals surface area contributed by atoms with Crippen LogP contribution in [0.1, 0.15) is 11.1 Å². The molecule has 4 nitrogen and oxygen atoms in total. The number of carbonyl (C=O) groups excluding carboxylic acids is 1. The number of hydrogen-bond acceptors (Lipinski definition) is 3. The smallest absolute Gasteiger partial charge is 0.422 e. The van der Waals surface area contributed by atoms with Gasteiger partial charge in [0.2, 0.25) is 0 Å². The van der Waals surface area contributed by atoms with Crippen molar-refractivity contribution in [3.63, 3.8) is 0 Å². The highest BCUT2D eigenvalue weighted by Crippen LogP contribution is 2.21. The maximum Gasteiger partial charge on any atom is 0.422 e. The number of amides is 1. The lowest BCUT2D eigenvalue weighted by Crippen LogP contribution is -2.28. The Morgan fingerprint density at radius 1 is 1.12 bits per heavy atom. The number of nitrogens with one attached hydrogen (secondary N) is 1. The van der Waals surface area contributed by atoms with E-state index in [1.54, 1.807) is 30.3 Å². The molecule has 0 aliphatic carbocycles. The number of carbonyl (C=O) groups is 1. The molecule has 2 rings (SSSR count). The Hall–Kier alpha value is -2.41. The third-order valence-corrected chi connectivity index (χ3v) is 3.71. The van der Waals surface area contributed by atoms with Crippen molar-refractivity contribution in [3.05, 3.63) is 58.6 Å². The van der Waals surface area contributed by atoms with Crippen molar-refractivity contribution >= 4 is 17.5 Å². The molecule has 0 heterocycles. The van der Waals surface area contributed by atoms with Gasteiger partial charge in [-0.3, -0.25) is 4.79 Å². The van der Waals surface area contributed by atoms with Crippen molar-refractivity contribution < 1.29 is 27.4 Å². The molecule has 1 amide bonds. The second kappa shape index (κ2) is 8.80. The van der Waals surface area contributed by atoms with Crippen LogP contribution < -0.4 is 14.8 Å². The summed E-state index contributed by atoms with van der Waals surface area (Å²) in [6.07, 6.45) is -4.40. The minimum atomic E-state index is -4.40. The summed E-state index contributed by atoms with van der Waals surface area (Å²) < 4.78 is 46.5. The van der Waals surface area contributed by atoms with Crippen LogP contribution in [0.25, 0.3) is 0 Å². The van der Waals surface area contributed by atoms with E-state index >= 15 is 0 Å². The molecule has 0 unspecified atom stereocenters. The average molecular weight is 388 g/mol. The van der Waals surface area contributed by atoms with Gasteiger partial charge in [0, 0.05) is 11.6 Å². The number of rotatable bonds is 7. The zero-order valence-corrected chi connectivity index (χ0v) is 14.7. The normalized spacial score (nSPS) is 11.1. The summed E-state index contributed by atoms with van der Waals surface area (Å²) in [6, 6.07) is 11.1. The highest BCUT2D eigenvalue weighted by molar-refractivity contribution is 6.31. The van der Waals surface area contributed by atoms with Gasteiger partial charge in [-0.15, -0.1) is 0 Å². The topological polar surface area (TPSA) is 47.6 Å². The summed E-state index contributed by atoms with van der Waals surface area (Å²) in [5.41, 5.74) is 1.45. The fourth-order valence-electron chi connectivity index (χ4n) is 2.02. The van der Waals surface area contributed by atoms with Crippen LogP contribution >= 0.6 is 11.6 Å². The third-order valence-electron chi connectivity index (χ3n) is 3.29. The molecule has 140 valence electrons. The molecule has 0 aromatic heterocycles. The number of halogens is 4. The Morgan fingerprint density at radius 2 is 1.85 bits per heavy atom. The first-order chi connectivity index (χ1) is 12.2. The number of alkyl halides is 3. The van der Waals surface area contributed by atoms with E-state index in [0.29, 0.717) is 16.3 Å². The minimum Gasteiger partial charge on any atom is -0.484 e. The number of ether oxygens (including phenoxy) is 2. The zero-order chi connectivity index (χ0) is 19.2. The summed E-state index contributed by atoms with van der Waals surface area (Å²) in [4.78, 5) is 11.8. The fourth-order valence-corrected chi connectivity index (χ4v) is 2.14. The first kappa shape index (κ1) is 19.9. The lowest BCUT2D eigenvalue weighted by Gasteiger charge is -2.11. The molecule has 0 bridgehead atoms. The van der Waals surface area contributed by atoms with Gasteiger partial charge in [0.15, 0.2) is 13.2 Å². The van der Waals surface area contributed by atoms with E-state index in [1.165, 1.54) is 12.1 Å². The van der Waals surface area contributed by atoms with Crippen molar-refractivity contribution in [3.8, 4) is 11.5 Å². The van der Waals surface area contributed by atoms with Gasteiger partial charge in [-0.05, 0) is 48.4 Å². The summed E-state index contributed by atoms with van der Waals surface area (Å²) in [7, 11) is 0. The molecule has 0 radical (unpaired) electrons. The molecular weight excluding hydrogens is 371 g/mol. The predicted octanol–water partition coefficient (Wildman–Crippen LogP) is 4.28. The Labute approximate surface area is 153 Å². The van der Waals surface area contributed by atoms with E-state index in [0.717, 1.165) is 5.56 Å². The van der Waals surface area contributed by atoms with Crippen molar-refractivity contribution in [2.24, 2.45) is 0 Å². The van der Waals surface area contributed by atoms with Crippen LogP contribution in [-0.4, -0.2) is 25.3 Å². The second-order valence-corrected chi connectivity index (χ2v) is 5.93. The molecule has 0 aliphatic rings. The molecule has 0 atom stereocenters. The lowest BCUT2D eigenvalue weighted by molar-refractivity contribution is -0.153. The summed E-state index contributed by atoms with van der Waals surface area (Å²) >= 11 is 5.91. The van der Waals surface area contributed by atoms with Crippen molar-refractivity contribution in [2.75, 3.05) is 13.2 Å². The third kappa shape index (κ3) is 6.84.